The van der Waals surface area contributed by atoms with E-state index < -0.39 is 17.7 Å². The zero-order chi connectivity index (χ0) is 16.3. The SMILES string of the molecule is CCOC(=O)Cc1cnn(-c2ccc(C(F)(F)F)cc2)c1O. The second-order valence-corrected chi connectivity index (χ2v) is 4.43. The Morgan fingerprint density at radius 1 is 1.32 bits per heavy atom. The van der Waals surface area contributed by atoms with Gasteiger partial charge in [-0.05, 0) is 31.2 Å². The molecule has 8 heteroatoms. The van der Waals surface area contributed by atoms with Crippen molar-refractivity contribution in [1.82, 2.24) is 9.78 Å². The molecule has 0 atom stereocenters. The molecule has 22 heavy (non-hydrogen) atoms. The summed E-state index contributed by atoms with van der Waals surface area (Å²) >= 11 is 0. The lowest BCUT2D eigenvalue weighted by Gasteiger charge is -2.08. The van der Waals surface area contributed by atoms with E-state index in [0.717, 1.165) is 16.8 Å². The maximum atomic E-state index is 12.5. The molecule has 0 saturated carbocycles. The van der Waals surface area contributed by atoms with E-state index in [2.05, 4.69) is 5.10 Å². The molecule has 0 aliphatic heterocycles. The molecule has 1 aromatic carbocycles. The van der Waals surface area contributed by atoms with Gasteiger partial charge in [-0.1, -0.05) is 0 Å². The third kappa shape index (κ3) is 3.38. The predicted molar refractivity (Wildman–Crippen MR) is 70.6 cm³/mol. The molecule has 118 valence electrons. The van der Waals surface area contributed by atoms with E-state index in [1.807, 2.05) is 0 Å². The van der Waals surface area contributed by atoms with E-state index in [-0.39, 0.29) is 30.2 Å². The highest BCUT2D eigenvalue weighted by Gasteiger charge is 2.30. The monoisotopic (exact) mass is 314 g/mol. The summed E-state index contributed by atoms with van der Waals surface area (Å²) in [4.78, 5) is 11.4. The molecule has 0 unspecified atom stereocenters. The van der Waals surface area contributed by atoms with Gasteiger partial charge in [0.05, 0.1) is 30.5 Å². The van der Waals surface area contributed by atoms with Crippen LogP contribution in [0.1, 0.15) is 18.1 Å². The van der Waals surface area contributed by atoms with Crippen LogP contribution in [0, 0.1) is 0 Å². The summed E-state index contributed by atoms with van der Waals surface area (Å²) in [6.07, 6.45) is -3.33. The number of esters is 1. The Morgan fingerprint density at radius 3 is 2.50 bits per heavy atom. The normalized spacial score (nSPS) is 11.5. The minimum atomic E-state index is -4.43. The number of alkyl halides is 3. The van der Waals surface area contributed by atoms with Crippen molar-refractivity contribution in [2.75, 3.05) is 6.61 Å². The first-order valence-electron chi connectivity index (χ1n) is 6.42. The van der Waals surface area contributed by atoms with Gasteiger partial charge >= 0.3 is 12.1 Å². The van der Waals surface area contributed by atoms with Gasteiger partial charge in [-0.25, -0.2) is 4.68 Å². The highest BCUT2D eigenvalue weighted by atomic mass is 19.4. The van der Waals surface area contributed by atoms with Crippen molar-refractivity contribution < 1.29 is 27.8 Å². The molecule has 0 aliphatic rings. The van der Waals surface area contributed by atoms with Crippen molar-refractivity contribution in [3.05, 3.63) is 41.6 Å². The zero-order valence-electron chi connectivity index (χ0n) is 11.6. The second kappa shape index (κ2) is 6.08. The van der Waals surface area contributed by atoms with E-state index in [9.17, 15) is 23.1 Å². The number of benzene rings is 1. The van der Waals surface area contributed by atoms with Crippen LogP contribution in [0.15, 0.2) is 30.5 Å². The first-order valence-corrected chi connectivity index (χ1v) is 6.42. The van der Waals surface area contributed by atoms with E-state index in [0.29, 0.717) is 0 Å². The standard InChI is InChI=1S/C14H13F3N2O3/c1-2-22-12(20)7-9-8-18-19(13(9)21)11-5-3-10(4-6-11)14(15,16)17/h3-6,8,21H,2,7H2,1H3. The fraction of sp³-hybridized carbons (Fsp3) is 0.286. The summed E-state index contributed by atoms with van der Waals surface area (Å²) in [5.74, 6) is -0.836. The third-order valence-electron chi connectivity index (χ3n) is 2.90. The summed E-state index contributed by atoms with van der Waals surface area (Å²) in [5.41, 5.74) is -0.311. The molecule has 0 fully saturated rings. The Kier molecular flexibility index (Phi) is 4.39. The first-order chi connectivity index (χ1) is 10.3. The van der Waals surface area contributed by atoms with E-state index in [1.54, 1.807) is 6.92 Å². The number of hydrogen-bond acceptors (Lipinski definition) is 4. The molecule has 0 radical (unpaired) electrons. The number of nitrogens with zero attached hydrogens (tertiary/aromatic N) is 2. The summed E-state index contributed by atoms with van der Waals surface area (Å²) in [7, 11) is 0. The lowest BCUT2D eigenvalue weighted by molar-refractivity contribution is -0.142. The van der Waals surface area contributed by atoms with Crippen LogP contribution in [0.2, 0.25) is 0 Å². The molecular formula is C14H13F3N2O3. The highest BCUT2D eigenvalue weighted by molar-refractivity contribution is 5.73. The number of hydrogen-bond donors (Lipinski definition) is 1. The molecule has 0 amide bonds. The number of carbonyl (C=O) groups is 1. The maximum absolute atomic E-state index is 12.5. The van der Waals surface area contributed by atoms with Crippen LogP contribution in [0.25, 0.3) is 5.69 Å². The highest BCUT2D eigenvalue weighted by Crippen LogP contribution is 2.30. The van der Waals surface area contributed by atoms with Crippen molar-refractivity contribution in [3.8, 4) is 11.6 Å². The quantitative estimate of drug-likeness (QED) is 0.881. The Balaban J connectivity index is 2.23. The molecule has 2 aromatic rings. The average molecular weight is 314 g/mol. The van der Waals surface area contributed by atoms with Crippen LogP contribution in [0.3, 0.4) is 0 Å². The topological polar surface area (TPSA) is 64.3 Å². The fourth-order valence-corrected chi connectivity index (χ4v) is 1.85. The van der Waals surface area contributed by atoms with Crippen molar-refractivity contribution >= 4 is 5.97 Å². The van der Waals surface area contributed by atoms with Gasteiger partial charge in [0.25, 0.3) is 0 Å². The molecule has 0 bridgehead atoms. The number of ether oxygens (including phenoxy) is 1. The van der Waals surface area contributed by atoms with Crippen molar-refractivity contribution in [2.24, 2.45) is 0 Å². The second-order valence-electron chi connectivity index (χ2n) is 4.43. The largest absolute Gasteiger partial charge is 0.493 e. The molecule has 0 aliphatic carbocycles. The number of aromatic nitrogens is 2. The van der Waals surface area contributed by atoms with Gasteiger partial charge in [0.2, 0.25) is 5.88 Å². The predicted octanol–water partition coefficient (Wildman–Crippen LogP) is 2.70. The third-order valence-corrected chi connectivity index (χ3v) is 2.90. The fourth-order valence-electron chi connectivity index (χ4n) is 1.85. The number of halogens is 3. The molecule has 1 heterocycles. The number of rotatable bonds is 4. The molecule has 5 nitrogen and oxygen atoms in total. The molecule has 1 aromatic heterocycles. The zero-order valence-corrected chi connectivity index (χ0v) is 11.6. The molecule has 2 rings (SSSR count). The van der Waals surface area contributed by atoms with Crippen molar-refractivity contribution in [2.45, 2.75) is 19.5 Å². The maximum Gasteiger partial charge on any atom is 0.416 e. The Labute approximate surface area is 123 Å². The minimum absolute atomic E-state index is 0.166. The minimum Gasteiger partial charge on any atom is -0.493 e. The van der Waals surface area contributed by atoms with Crippen LogP contribution in [-0.2, 0) is 22.1 Å². The Morgan fingerprint density at radius 2 is 1.95 bits per heavy atom. The van der Waals surface area contributed by atoms with Gasteiger partial charge in [-0.2, -0.15) is 18.3 Å². The smallest absolute Gasteiger partial charge is 0.416 e. The van der Waals surface area contributed by atoms with Gasteiger partial charge in [-0.15, -0.1) is 0 Å². The summed E-state index contributed by atoms with van der Waals surface area (Å²) in [5, 5.41) is 13.9. The van der Waals surface area contributed by atoms with E-state index >= 15 is 0 Å². The molecule has 0 spiro atoms. The summed E-state index contributed by atoms with van der Waals surface area (Å²) < 4.78 is 43.3. The van der Waals surface area contributed by atoms with E-state index in [4.69, 9.17) is 4.74 Å². The van der Waals surface area contributed by atoms with Crippen LogP contribution >= 0.6 is 0 Å². The van der Waals surface area contributed by atoms with Crippen molar-refractivity contribution in [3.63, 3.8) is 0 Å². The van der Waals surface area contributed by atoms with Crippen molar-refractivity contribution in [1.29, 1.82) is 0 Å². The molecule has 0 saturated heterocycles. The van der Waals surface area contributed by atoms with Crippen LogP contribution in [0.5, 0.6) is 5.88 Å². The Hall–Kier alpha value is -2.51. The van der Waals surface area contributed by atoms with Gasteiger partial charge in [0.15, 0.2) is 0 Å². The van der Waals surface area contributed by atoms with Crippen LogP contribution in [0.4, 0.5) is 13.2 Å². The van der Waals surface area contributed by atoms with Gasteiger partial charge in [0.1, 0.15) is 0 Å². The molecular weight excluding hydrogens is 301 g/mol. The van der Waals surface area contributed by atoms with Gasteiger partial charge in [-0.3, -0.25) is 4.79 Å². The van der Waals surface area contributed by atoms with Gasteiger partial charge < -0.3 is 9.84 Å². The lowest BCUT2D eigenvalue weighted by atomic mass is 10.2. The number of aromatic hydroxyl groups is 1. The van der Waals surface area contributed by atoms with Crippen LogP contribution < -0.4 is 0 Å². The number of carbonyl (C=O) groups excluding carboxylic acids is 1. The van der Waals surface area contributed by atoms with Crippen LogP contribution in [-0.4, -0.2) is 27.5 Å². The summed E-state index contributed by atoms with van der Waals surface area (Å²) in [6.45, 7) is 1.87. The molecule has 1 N–H and O–H groups in total. The average Bonchev–Trinajstić information content (AvgIpc) is 2.80. The van der Waals surface area contributed by atoms with E-state index in [1.165, 1.54) is 18.3 Å². The summed E-state index contributed by atoms with van der Waals surface area (Å²) in [6, 6.07) is 4.15. The Bertz CT molecular complexity index is 663. The lowest BCUT2D eigenvalue weighted by Crippen LogP contribution is -2.07. The first kappa shape index (κ1) is 15.9. The van der Waals surface area contributed by atoms with Gasteiger partial charge in [0, 0.05) is 5.56 Å².